The molecule has 3 aliphatic rings. The van der Waals surface area contributed by atoms with E-state index in [4.69, 9.17) is 11.6 Å². The van der Waals surface area contributed by atoms with Crippen LogP contribution in [0, 0.1) is 0 Å². The number of halogens is 1. The van der Waals surface area contributed by atoms with Crippen LogP contribution in [0.3, 0.4) is 0 Å². The SMILES string of the molecule is O=C1NC2=C(C(=O)N(CCC3=CCCCC3)C2)C(c2ccc(Cl)cc2)N1. The standard InChI is InChI=1S/C20H22ClN3O2/c21-15-8-6-14(7-9-15)18-17-16(22-20(26)23-18)12-24(19(17)25)11-10-13-4-2-1-3-5-13/h4,6-9,18H,1-3,5,10-12H2,(H2,22,23,26). The minimum Gasteiger partial charge on any atom is -0.333 e. The third-order valence-electron chi connectivity index (χ3n) is 5.31. The normalized spacial score (nSPS) is 22.7. The summed E-state index contributed by atoms with van der Waals surface area (Å²) < 4.78 is 0. The van der Waals surface area contributed by atoms with Crippen LogP contribution < -0.4 is 10.6 Å². The number of nitrogens with one attached hydrogen (secondary N) is 2. The fourth-order valence-electron chi connectivity index (χ4n) is 3.92. The highest BCUT2D eigenvalue weighted by Crippen LogP contribution is 2.33. The number of hydrogen-bond acceptors (Lipinski definition) is 2. The summed E-state index contributed by atoms with van der Waals surface area (Å²) >= 11 is 5.97. The van der Waals surface area contributed by atoms with E-state index in [0.717, 1.165) is 30.5 Å². The number of nitrogens with zero attached hydrogens (tertiary/aromatic N) is 1. The predicted octanol–water partition coefficient (Wildman–Crippen LogP) is 3.68. The lowest BCUT2D eigenvalue weighted by atomic mass is 9.96. The quantitative estimate of drug-likeness (QED) is 0.793. The molecule has 1 aliphatic carbocycles. The molecule has 0 spiro atoms. The third kappa shape index (κ3) is 3.36. The van der Waals surface area contributed by atoms with Gasteiger partial charge in [-0.1, -0.05) is 35.4 Å². The van der Waals surface area contributed by atoms with Crippen LogP contribution in [0.5, 0.6) is 0 Å². The summed E-state index contributed by atoms with van der Waals surface area (Å²) in [5, 5.41) is 6.31. The Morgan fingerprint density at radius 2 is 1.96 bits per heavy atom. The average molecular weight is 372 g/mol. The molecule has 0 saturated heterocycles. The van der Waals surface area contributed by atoms with Crippen LogP contribution in [0.2, 0.25) is 5.02 Å². The van der Waals surface area contributed by atoms with E-state index >= 15 is 0 Å². The Labute approximate surface area is 158 Å². The molecule has 1 aromatic rings. The molecule has 4 rings (SSSR count). The zero-order valence-electron chi connectivity index (χ0n) is 14.6. The smallest absolute Gasteiger partial charge is 0.319 e. The number of benzene rings is 1. The van der Waals surface area contributed by atoms with Crippen LogP contribution >= 0.6 is 11.6 Å². The zero-order valence-corrected chi connectivity index (χ0v) is 15.3. The second-order valence-electron chi connectivity index (χ2n) is 7.06. The Bertz CT molecular complexity index is 798. The summed E-state index contributed by atoms with van der Waals surface area (Å²) in [4.78, 5) is 26.9. The van der Waals surface area contributed by atoms with Gasteiger partial charge in [-0.05, 0) is 49.8 Å². The van der Waals surface area contributed by atoms with Crippen LogP contribution in [-0.2, 0) is 4.79 Å². The number of allylic oxidation sites excluding steroid dienone is 1. The van der Waals surface area contributed by atoms with E-state index in [1.165, 1.54) is 18.4 Å². The molecule has 0 radical (unpaired) electrons. The highest BCUT2D eigenvalue weighted by atomic mass is 35.5. The first-order valence-electron chi connectivity index (χ1n) is 9.15. The molecule has 5 nitrogen and oxygen atoms in total. The van der Waals surface area contributed by atoms with Crippen molar-refractivity contribution in [3.8, 4) is 0 Å². The first-order chi connectivity index (χ1) is 12.6. The molecule has 136 valence electrons. The number of carbonyl (C=O) groups excluding carboxylic acids is 2. The number of amides is 3. The molecule has 2 N–H and O–H groups in total. The molecule has 3 amide bonds. The average Bonchev–Trinajstić information content (AvgIpc) is 2.96. The van der Waals surface area contributed by atoms with E-state index in [9.17, 15) is 9.59 Å². The predicted molar refractivity (Wildman–Crippen MR) is 101 cm³/mol. The number of rotatable bonds is 4. The van der Waals surface area contributed by atoms with Crippen molar-refractivity contribution in [1.82, 2.24) is 15.5 Å². The van der Waals surface area contributed by atoms with Gasteiger partial charge in [0.2, 0.25) is 0 Å². The van der Waals surface area contributed by atoms with Crippen LogP contribution in [0.4, 0.5) is 4.79 Å². The Kier molecular flexibility index (Phi) is 4.72. The molecule has 0 fully saturated rings. The second-order valence-corrected chi connectivity index (χ2v) is 7.50. The van der Waals surface area contributed by atoms with E-state index < -0.39 is 6.04 Å². The summed E-state index contributed by atoms with van der Waals surface area (Å²) in [5.74, 6) is 0.00357. The molecule has 2 aliphatic heterocycles. The molecular formula is C20H22ClN3O2. The van der Waals surface area contributed by atoms with Crippen molar-refractivity contribution >= 4 is 23.5 Å². The van der Waals surface area contributed by atoms with Gasteiger partial charge in [-0.3, -0.25) is 4.79 Å². The monoisotopic (exact) mass is 371 g/mol. The van der Waals surface area contributed by atoms with Gasteiger partial charge < -0.3 is 15.5 Å². The van der Waals surface area contributed by atoms with Crippen molar-refractivity contribution in [2.24, 2.45) is 0 Å². The molecule has 0 aromatic heterocycles. The van der Waals surface area contributed by atoms with Gasteiger partial charge in [-0.2, -0.15) is 0 Å². The molecule has 26 heavy (non-hydrogen) atoms. The Morgan fingerprint density at radius 3 is 2.69 bits per heavy atom. The van der Waals surface area contributed by atoms with E-state index in [1.807, 2.05) is 17.0 Å². The third-order valence-corrected chi connectivity index (χ3v) is 5.56. The summed E-state index contributed by atoms with van der Waals surface area (Å²) in [7, 11) is 0. The summed E-state index contributed by atoms with van der Waals surface area (Å²) in [6, 6.07) is 6.56. The molecule has 0 bridgehead atoms. The van der Waals surface area contributed by atoms with Gasteiger partial charge >= 0.3 is 6.03 Å². The molecule has 1 atom stereocenters. The Hall–Kier alpha value is -2.27. The van der Waals surface area contributed by atoms with Gasteiger partial charge in [-0.25, -0.2) is 4.79 Å². The van der Waals surface area contributed by atoms with Crippen molar-refractivity contribution in [2.45, 2.75) is 38.1 Å². The van der Waals surface area contributed by atoms with Crippen LogP contribution in [-0.4, -0.2) is 29.9 Å². The van der Waals surface area contributed by atoms with Crippen molar-refractivity contribution in [1.29, 1.82) is 0 Å². The molecule has 1 aromatic carbocycles. The van der Waals surface area contributed by atoms with Crippen LogP contribution in [0.1, 0.15) is 43.7 Å². The largest absolute Gasteiger partial charge is 0.333 e. The van der Waals surface area contributed by atoms with Gasteiger partial charge in [-0.15, -0.1) is 0 Å². The van der Waals surface area contributed by atoms with Crippen LogP contribution in [0.25, 0.3) is 0 Å². The minimum atomic E-state index is -0.428. The zero-order chi connectivity index (χ0) is 18.1. The minimum absolute atomic E-state index is 0.00357. The van der Waals surface area contributed by atoms with Gasteiger partial charge in [0.15, 0.2) is 0 Å². The molecule has 1 unspecified atom stereocenters. The second kappa shape index (κ2) is 7.16. The maximum Gasteiger partial charge on any atom is 0.319 e. The van der Waals surface area contributed by atoms with Gasteiger partial charge in [0.05, 0.1) is 23.9 Å². The van der Waals surface area contributed by atoms with Crippen molar-refractivity contribution < 1.29 is 9.59 Å². The fraction of sp³-hybridized carbons (Fsp3) is 0.400. The number of urea groups is 1. The molecule has 6 heteroatoms. The van der Waals surface area contributed by atoms with E-state index in [0.29, 0.717) is 23.7 Å². The van der Waals surface area contributed by atoms with E-state index in [-0.39, 0.29) is 11.9 Å². The summed E-state index contributed by atoms with van der Waals surface area (Å²) in [6.45, 7) is 1.17. The van der Waals surface area contributed by atoms with Crippen molar-refractivity contribution in [3.05, 3.63) is 57.8 Å². The first kappa shape index (κ1) is 17.2. The molecule has 2 heterocycles. The summed E-state index contributed by atoms with van der Waals surface area (Å²) in [5.41, 5.74) is 3.67. The number of carbonyl (C=O) groups is 2. The van der Waals surface area contributed by atoms with E-state index in [2.05, 4.69) is 16.7 Å². The maximum absolute atomic E-state index is 13.0. The topological polar surface area (TPSA) is 61.4 Å². The maximum atomic E-state index is 13.0. The van der Waals surface area contributed by atoms with E-state index in [1.54, 1.807) is 12.1 Å². The van der Waals surface area contributed by atoms with Crippen LogP contribution in [0.15, 0.2) is 47.2 Å². The van der Waals surface area contributed by atoms with Gasteiger partial charge in [0.1, 0.15) is 0 Å². The van der Waals surface area contributed by atoms with Crippen molar-refractivity contribution in [2.75, 3.05) is 13.1 Å². The first-order valence-corrected chi connectivity index (χ1v) is 9.53. The Balaban J connectivity index is 1.52. The Morgan fingerprint density at radius 1 is 1.15 bits per heavy atom. The highest BCUT2D eigenvalue weighted by Gasteiger charge is 2.40. The summed E-state index contributed by atoms with van der Waals surface area (Å²) in [6.07, 6.45) is 8.03. The van der Waals surface area contributed by atoms with Gasteiger partial charge in [0, 0.05) is 11.6 Å². The lowest BCUT2D eigenvalue weighted by Gasteiger charge is -2.25. The molecular weight excluding hydrogens is 350 g/mol. The lowest BCUT2D eigenvalue weighted by Crippen LogP contribution is -2.44. The lowest BCUT2D eigenvalue weighted by molar-refractivity contribution is -0.125. The fourth-order valence-corrected chi connectivity index (χ4v) is 4.05. The van der Waals surface area contributed by atoms with Gasteiger partial charge in [0.25, 0.3) is 5.91 Å². The highest BCUT2D eigenvalue weighted by molar-refractivity contribution is 6.30. The number of hydrogen-bond donors (Lipinski definition) is 2. The molecule has 0 saturated carbocycles. The van der Waals surface area contributed by atoms with Crippen molar-refractivity contribution in [3.63, 3.8) is 0 Å².